The van der Waals surface area contributed by atoms with Crippen molar-refractivity contribution < 1.29 is 9.21 Å². The summed E-state index contributed by atoms with van der Waals surface area (Å²) in [5.41, 5.74) is 2.04. The van der Waals surface area contributed by atoms with Gasteiger partial charge in [-0.1, -0.05) is 12.1 Å². The van der Waals surface area contributed by atoms with Crippen LogP contribution in [0.4, 0.5) is 0 Å². The summed E-state index contributed by atoms with van der Waals surface area (Å²) in [6.07, 6.45) is 4.89. The molecule has 4 nitrogen and oxygen atoms in total. The molecule has 100 valence electrons. The topological polar surface area (TPSA) is 56.0 Å². The van der Waals surface area contributed by atoms with E-state index in [1.165, 1.54) is 6.20 Å². The van der Waals surface area contributed by atoms with Crippen LogP contribution in [0.5, 0.6) is 0 Å². The van der Waals surface area contributed by atoms with Crippen LogP contribution in [0.3, 0.4) is 0 Å². The number of benzene rings is 1. The van der Waals surface area contributed by atoms with E-state index < -0.39 is 0 Å². The van der Waals surface area contributed by atoms with Crippen molar-refractivity contribution >= 4 is 27.7 Å². The van der Waals surface area contributed by atoms with Gasteiger partial charge in [-0.2, -0.15) is 0 Å². The van der Waals surface area contributed by atoms with E-state index in [4.69, 9.17) is 4.42 Å². The second-order valence-electron chi connectivity index (χ2n) is 4.74. The standard InChI is InChI=1S/C17H10N2O2/c20-16(11-4-3-7-18-9-11)15-8-12-10-19-14-6-2-1-5-13(14)17(12)21-15/h1-10H. The van der Waals surface area contributed by atoms with Gasteiger partial charge in [0.25, 0.3) is 0 Å². The summed E-state index contributed by atoms with van der Waals surface area (Å²) in [5, 5.41) is 1.72. The number of hydrogen-bond acceptors (Lipinski definition) is 4. The Kier molecular flexibility index (Phi) is 2.54. The highest BCUT2D eigenvalue weighted by atomic mass is 16.3. The normalized spacial score (nSPS) is 11.0. The Bertz CT molecular complexity index is 958. The minimum absolute atomic E-state index is 0.177. The van der Waals surface area contributed by atoms with Gasteiger partial charge in [0.05, 0.1) is 5.52 Å². The second kappa shape index (κ2) is 4.52. The third-order valence-corrected chi connectivity index (χ3v) is 3.40. The van der Waals surface area contributed by atoms with Crippen molar-refractivity contribution in [2.24, 2.45) is 0 Å². The lowest BCUT2D eigenvalue weighted by atomic mass is 10.1. The molecule has 1 aromatic carbocycles. The first-order valence-electron chi connectivity index (χ1n) is 6.55. The van der Waals surface area contributed by atoms with Crippen LogP contribution in [0.25, 0.3) is 21.9 Å². The van der Waals surface area contributed by atoms with Gasteiger partial charge in [0.15, 0.2) is 5.76 Å². The fraction of sp³-hybridized carbons (Fsp3) is 0. The summed E-state index contributed by atoms with van der Waals surface area (Å²) >= 11 is 0. The molecule has 0 saturated carbocycles. The number of fused-ring (bicyclic) bond motifs is 3. The predicted molar refractivity (Wildman–Crippen MR) is 79.2 cm³/mol. The maximum absolute atomic E-state index is 12.4. The number of nitrogens with zero attached hydrogens (tertiary/aromatic N) is 2. The molecule has 0 bridgehead atoms. The number of pyridine rings is 2. The molecule has 0 radical (unpaired) electrons. The van der Waals surface area contributed by atoms with Gasteiger partial charge in [-0.25, -0.2) is 0 Å². The molecule has 0 N–H and O–H groups in total. The summed E-state index contributed by atoms with van der Waals surface area (Å²) in [5.74, 6) is 0.125. The monoisotopic (exact) mass is 274 g/mol. The summed E-state index contributed by atoms with van der Waals surface area (Å²) < 4.78 is 5.78. The minimum Gasteiger partial charge on any atom is -0.452 e. The third kappa shape index (κ3) is 1.89. The summed E-state index contributed by atoms with van der Waals surface area (Å²) in [7, 11) is 0. The van der Waals surface area contributed by atoms with Crippen LogP contribution in [-0.4, -0.2) is 15.8 Å². The summed E-state index contributed by atoms with van der Waals surface area (Å²) in [6, 6.07) is 12.9. The molecule has 4 rings (SSSR count). The molecule has 3 heterocycles. The van der Waals surface area contributed by atoms with Crippen molar-refractivity contribution in [2.75, 3.05) is 0 Å². The van der Waals surface area contributed by atoms with Crippen LogP contribution in [0, 0.1) is 0 Å². The van der Waals surface area contributed by atoms with E-state index in [1.807, 2.05) is 24.3 Å². The number of carbonyl (C=O) groups excluding carboxylic acids is 1. The molecule has 0 aliphatic carbocycles. The van der Waals surface area contributed by atoms with E-state index in [0.29, 0.717) is 16.9 Å². The lowest BCUT2D eigenvalue weighted by Gasteiger charge is -1.97. The van der Waals surface area contributed by atoms with E-state index in [1.54, 1.807) is 30.6 Å². The van der Waals surface area contributed by atoms with E-state index in [-0.39, 0.29) is 5.78 Å². The zero-order valence-corrected chi connectivity index (χ0v) is 11.0. The first-order chi connectivity index (χ1) is 10.3. The number of furan rings is 1. The highest BCUT2D eigenvalue weighted by molar-refractivity contribution is 6.11. The highest BCUT2D eigenvalue weighted by Crippen LogP contribution is 2.27. The zero-order valence-electron chi connectivity index (χ0n) is 11.0. The maximum Gasteiger partial charge on any atom is 0.229 e. The molecule has 0 fully saturated rings. The van der Waals surface area contributed by atoms with Crippen molar-refractivity contribution in [1.82, 2.24) is 9.97 Å². The molecule has 0 saturated heterocycles. The number of carbonyl (C=O) groups is 1. The Labute approximate surface area is 120 Å². The van der Waals surface area contributed by atoms with Gasteiger partial charge < -0.3 is 4.42 Å². The van der Waals surface area contributed by atoms with Crippen molar-refractivity contribution in [3.63, 3.8) is 0 Å². The van der Waals surface area contributed by atoms with Gasteiger partial charge in [0, 0.05) is 34.9 Å². The Morgan fingerprint density at radius 2 is 1.95 bits per heavy atom. The molecular formula is C17H10N2O2. The predicted octanol–water partition coefficient (Wildman–Crippen LogP) is 3.61. The molecule has 4 aromatic rings. The molecule has 21 heavy (non-hydrogen) atoms. The van der Waals surface area contributed by atoms with Crippen LogP contribution >= 0.6 is 0 Å². The fourth-order valence-electron chi connectivity index (χ4n) is 2.38. The summed E-state index contributed by atoms with van der Waals surface area (Å²) in [6.45, 7) is 0. The van der Waals surface area contributed by atoms with E-state index in [2.05, 4.69) is 9.97 Å². The molecule has 0 atom stereocenters. The van der Waals surface area contributed by atoms with Crippen LogP contribution in [0.1, 0.15) is 16.1 Å². The van der Waals surface area contributed by atoms with Crippen LogP contribution in [0.15, 0.2) is 65.5 Å². The number of hydrogen-bond donors (Lipinski definition) is 0. The largest absolute Gasteiger partial charge is 0.452 e. The van der Waals surface area contributed by atoms with Crippen molar-refractivity contribution in [1.29, 1.82) is 0 Å². The molecule has 0 aliphatic heterocycles. The molecule has 0 unspecified atom stereocenters. The maximum atomic E-state index is 12.4. The van der Waals surface area contributed by atoms with Gasteiger partial charge >= 0.3 is 0 Å². The average molecular weight is 274 g/mol. The van der Waals surface area contributed by atoms with Crippen LogP contribution in [-0.2, 0) is 0 Å². The van der Waals surface area contributed by atoms with Crippen LogP contribution < -0.4 is 0 Å². The SMILES string of the molecule is O=C(c1cccnc1)c1cc2cnc3ccccc3c2o1. The smallest absolute Gasteiger partial charge is 0.229 e. The van der Waals surface area contributed by atoms with Crippen molar-refractivity contribution in [3.05, 3.63) is 72.4 Å². The number of rotatable bonds is 2. The lowest BCUT2D eigenvalue weighted by molar-refractivity contribution is 0.101. The second-order valence-corrected chi connectivity index (χ2v) is 4.74. The van der Waals surface area contributed by atoms with Gasteiger partial charge in [-0.3, -0.25) is 14.8 Å². The van der Waals surface area contributed by atoms with Gasteiger partial charge in [-0.15, -0.1) is 0 Å². The molecule has 0 spiro atoms. The first-order valence-corrected chi connectivity index (χ1v) is 6.55. The Morgan fingerprint density at radius 1 is 1.05 bits per heavy atom. The van der Waals surface area contributed by atoms with Crippen molar-refractivity contribution in [3.8, 4) is 0 Å². The zero-order chi connectivity index (χ0) is 14.2. The first kappa shape index (κ1) is 11.8. The van der Waals surface area contributed by atoms with E-state index in [0.717, 1.165) is 16.3 Å². The van der Waals surface area contributed by atoms with Crippen molar-refractivity contribution in [2.45, 2.75) is 0 Å². The Balaban J connectivity index is 1.91. The molecule has 4 heteroatoms. The highest BCUT2D eigenvalue weighted by Gasteiger charge is 2.16. The van der Waals surface area contributed by atoms with E-state index in [9.17, 15) is 4.79 Å². The quantitative estimate of drug-likeness (QED) is 0.524. The third-order valence-electron chi connectivity index (χ3n) is 3.40. The number of para-hydroxylation sites is 1. The molecule has 0 amide bonds. The van der Waals surface area contributed by atoms with Gasteiger partial charge in [-0.05, 0) is 30.3 Å². The average Bonchev–Trinajstić information content (AvgIpc) is 2.99. The van der Waals surface area contributed by atoms with E-state index >= 15 is 0 Å². The molecular weight excluding hydrogens is 264 g/mol. The lowest BCUT2D eigenvalue weighted by Crippen LogP contribution is -1.99. The molecule has 3 aromatic heterocycles. The van der Waals surface area contributed by atoms with Gasteiger partial charge in [0.1, 0.15) is 5.58 Å². The number of aromatic nitrogens is 2. The number of ketones is 1. The van der Waals surface area contributed by atoms with Crippen LogP contribution in [0.2, 0.25) is 0 Å². The fourth-order valence-corrected chi connectivity index (χ4v) is 2.38. The summed E-state index contributed by atoms with van der Waals surface area (Å²) in [4.78, 5) is 20.7. The van der Waals surface area contributed by atoms with Gasteiger partial charge in [0.2, 0.25) is 5.78 Å². The Hall–Kier alpha value is -3.01. The molecule has 0 aliphatic rings. The Morgan fingerprint density at radius 3 is 2.81 bits per heavy atom. The minimum atomic E-state index is -0.177.